The van der Waals surface area contributed by atoms with E-state index in [1.54, 1.807) is 0 Å². The van der Waals surface area contributed by atoms with Crippen LogP contribution in [-0.2, 0) is 0 Å². The molecule has 0 aliphatic rings. The largest absolute Gasteiger partial charge is 0.394 e. The third-order valence-electron chi connectivity index (χ3n) is 0.744. The molecule has 0 aliphatic heterocycles. The van der Waals surface area contributed by atoms with Crippen molar-refractivity contribution in [3.63, 3.8) is 0 Å². The molecule has 3 nitrogen and oxygen atoms in total. The van der Waals surface area contributed by atoms with Gasteiger partial charge in [0.1, 0.15) is 6.10 Å². The molecule has 0 fully saturated rings. The van der Waals surface area contributed by atoms with Crippen molar-refractivity contribution in [3.8, 4) is 0 Å². The van der Waals surface area contributed by atoms with Gasteiger partial charge in [0.15, 0.2) is 0 Å². The molecule has 0 aliphatic carbocycles. The molecule has 3 heteroatoms. The second-order valence-electron chi connectivity index (χ2n) is 1.49. The number of hydrogen-bond acceptors (Lipinski definition) is 3. The Bertz CT molecular complexity index is 44.2. The molecule has 0 saturated heterocycles. The van der Waals surface area contributed by atoms with Crippen LogP contribution >= 0.6 is 0 Å². The second-order valence-corrected chi connectivity index (χ2v) is 1.49. The quantitative estimate of drug-likeness (QED) is 0.411. The van der Waals surface area contributed by atoms with Crippen LogP contribution in [0.25, 0.3) is 0 Å². The molecule has 0 aromatic carbocycles. The van der Waals surface area contributed by atoms with Gasteiger partial charge in [-0.1, -0.05) is 0 Å². The Balaban J connectivity index is 3.14. The average Bonchev–Trinajstić information content (AvgIpc) is 1.65. The van der Waals surface area contributed by atoms with Crippen LogP contribution in [0.5, 0.6) is 0 Å². The lowest BCUT2D eigenvalue weighted by molar-refractivity contribution is -0.00425. The zero-order valence-electron chi connectivity index (χ0n) is 4.20. The zero-order valence-corrected chi connectivity index (χ0v) is 4.20. The molecule has 0 unspecified atom stereocenters. The van der Waals surface area contributed by atoms with Crippen LogP contribution in [0.1, 0.15) is 6.92 Å². The molecular weight excluding hydrogens is 96.0 g/mol. The van der Waals surface area contributed by atoms with E-state index < -0.39 is 12.2 Å². The first-order valence-electron chi connectivity index (χ1n) is 2.15. The SMILES string of the molecule is C[C@@H](O)[C@H](O)CO. The molecule has 0 spiro atoms. The molecule has 0 aromatic rings. The van der Waals surface area contributed by atoms with Gasteiger partial charge >= 0.3 is 0 Å². The highest BCUT2D eigenvalue weighted by molar-refractivity contribution is 4.57. The highest BCUT2D eigenvalue weighted by Gasteiger charge is 2.06. The summed E-state index contributed by atoms with van der Waals surface area (Å²) >= 11 is 0. The summed E-state index contributed by atoms with van der Waals surface area (Å²) in [6.45, 7) is 1.04. The number of hydrogen-bond donors (Lipinski definition) is 3. The molecule has 0 aromatic heterocycles. The lowest BCUT2D eigenvalue weighted by Gasteiger charge is -2.07. The van der Waals surface area contributed by atoms with Gasteiger partial charge in [-0.3, -0.25) is 0 Å². The zero-order chi connectivity index (χ0) is 5.86. The summed E-state index contributed by atoms with van der Waals surface area (Å²) in [5, 5.41) is 24.9. The van der Waals surface area contributed by atoms with Crippen LogP contribution in [0.4, 0.5) is 0 Å². The first-order valence-corrected chi connectivity index (χ1v) is 2.15. The molecule has 0 rings (SSSR count). The van der Waals surface area contributed by atoms with E-state index in [1.807, 2.05) is 0 Å². The summed E-state index contributed by atoms with van der Waals surface area (Å²) in [6, 6.07) is 0. The van der Waals surface area contributed by atoms with Crippen molar-refractivity contribution in [2.45, 2.75) is 19.1 Å². The van der Waals surface area contributed by atoms with Gasteiger partial charge < -0.3 is 15.3 Å². The van der Waals surface area contributed by atoms with Gasteiger partial charge in [-0.15, -0.1) is 0 Å². The Morgan fingerprint density at radius 2 is 1.86 bits per heavy atom. The highest BCUT2D eigenvalue weighted by Crippen LogP contribution is 1.87. The van der Waals surface area contributed by atoms with E-state index in [-0.39, 0.29) is 6.61 Å². The van der Waals surface area contributed by atoms with E-state index in [9.17, 15) is 0 Å². The third kappa shape index (κ3) is 2.56. The summed E-state index contributed by atoms with van der Waals surface area (Å²) in [5.74, 6) is 0. The first-order chi connectivity index (χ1) is 3.18. The Labute approximate surface area is 42.2 Å². The maximum Gasteiger partial charge on any atom is 0.103 e. The van der Waals surface area contributed by atoms with Gasteiger partial charge in [-0.05, 0) is 6.92 Å². The second kappa shape index (κ2) is 2.96. The minimum Gasteiger partial charge on any atom is -0.394 e. The van der Waals surface area contributed by atoms with Crippen LogP contribution in [0, 0.1) is 0 Å². The van der Waals surface area contributed by atoms with Crippen molar-refractivity contribution in [2.75, 3.05) is 6.61 Å². The Morgan fingerprint density at radius 3 is 1.86 bits per heavy atom. The van der Waals surface area contributed by atoms with E-state index in [2.05, 4.69) is 0 Å². The van der Waals surface area contributed by atoms with Crippen LogP contribution in [-0.4, -0.2) is 34.1 Å². The van der Waals surface area contributed by atoms with Crippen LogP contribution in [0.2, 0.25) is 0 Å². The van der Waals surface area contributed by atoms with Gasteiger partial charge in [0, 0.05) is 0 Å². The monoisotopic (exact) mass is 106 g/mol. The summed E-state index contributed by atoms with van der Waals surface area (Å²) in [4.78, 5) is 0. The molecule has 0 amide bonds. The van der Waals surface area contributed by atoms with Crippen LogP contribution < -0.4 is 0 Å². The lowest BCUT2D eigenvalue weighted by Crippen LogP contribution is -2.25. The maximum absolute atomic E-state index is 8.44. The molecule has 2 atom stereocenters. The fourth-order valence-corrected chi connectivity index (χ4v) is 0.153. The molecule has 44 valence electrons. The standard InChI is InChI=1S/C4H10O3/c1-3(6)4(7)2-5/h3-7H,2H2,1H3/t3-,4-/m1/s1. The number of rotatable bonds is 2. The van der Waals surface area contributed by atoms with Gasteiger partial charge in [0.25, 0.3) is 0 Å². The summed E-state index contributed by atoms with van der Waals surface area (Å²) in [7, 11) is 0. The van der Waals surface area contributed by atoms with Gasteiger partial charge in [-0.2, -0.15) is 0 Å². The van der Waals surface area contributed by atoms with Crippen molar-refractivity contribution in [1.82, 2.24) is 0 Å². The minimum absolute atomic E-state index is 0.377. The lowest BCUT2D eigenvalue weighted by atomic mass is 10.2. The molecule has 3 N–H and O–H groups in total. The molecule has 7 heavy (non-hydrogen) atoms. The maximum atomic E-state index is 8.44. The molecule has 0 heterocycles. The summed E-state index contributed by atoms with van der Waals surface area (Å²) < 4.78 is 0. The van der Waals surface area contributed by atoms with Crippen molar-refractivity contribution < 1.29 is 15.3 Å². The first kappa shape index (κ1) is 6.88. The van der Waals surface area contributed by atoms with Gasteiger partial charge in [0.05, 0.1) is 12.7 Å². The Hall–Kier alpha value is -0.120. The van der Waals surface area contributed by atoms with E-state index in [4.69, 9.17) is 15.3 Å². The molecule has 0 saturated carbocycles. The normalized spacial score (nSPS) is 18.9. The topological polar surface area (TPSA) is 60.7 Å². The van der Waals surface area contributed by atoms with Crippen LogP contribution in [0.15, 0.2) is 0 Å². The summed E-state index contributed by atoms with van der Waals surface area (Å²) in [6.07, 6.45) is -1.81. The summed E-state index contributed by atoms with van der Waals surface area (Å²) in [5.41, 5.74) is 0. The van der Waals surface area contributed by atoms with E-state index >= 15 is 0 Å². The number of aliphatic hydroxyl groups excluding tert-OH is 3. The van der Waals surface area contributed by atoms with E-state index in [1.165, 1.54) is 6.92 Å². The fourth-order valence-electron chi connectivity index (χ4n) is 0.153. The molecular formula is C4H10O3. The van der Waals surface area contributed by atoms with E-state index in [0.29, 0.717) is 0 Å². The van der Waals surface area contributed by atoms with Crippen molar-refractivity contribution in [3.05, 3.63) is 0 Å². The molecule has 0 bridgehead atoms. The number of aliphatic hydroxyl groups is 3. The smallest absolute Gasteiger partial charge is 0.103 e. The highest BCUT2D eigenvalue weighted by atomic mass is 16.4. The molecule has 0 radical (unpaired) electrons. The Morgan fingerprint density at radius 1 is 1.43 bits per heavy atom. The van der Waals surface area contributed by atoms with Crippen molar-refractivity contribution in [1.29, 1.82) is 0 Å². The average molecular weight is 106 g/mol. The third-order valence-corrected chi connectivity index (χ3v) is 0.744. The van der Waals surface area contributed by atoms with Crippen LogP contribution in [0.3, 0.4) is 0 Å². The van der Waals surface area contributed by atoms with Crippen molar-refractivity contribution in [2.24, 2.45) is 0 Å². The van der Waals surface area contributed by atoms with Crippen molar-refractivity contribution >= 4 is 0 Å². The Kier molecular flexibility index (Phi) is 2.91. The predicted molar refractivity (Wildman–Crippen MR) is 24.8 cm³/mol. The minimum atomic E-state index is -0.986. The van der Waals surface area contributed by atoms with E-state index in [0.717, 1.165) is 0 Å². The predicted octanol–water partition coefficient (Wildman–Crippen LogP) is -1.28. The van der Waals surface area contributed by atoms with Gasteiger partial charge in [0.2, 0.25) is 0 Å². The fraction of sp³-hybridized carbons (Fsp3) is 1.00. The van der Waals surface area contributed by atoms with Gasteiger partial charge in [-0.25, -0.2) is 0 Å².